The van der Waals surface area contributed by atoms with Gasteiger partial charge in [-0.25, -0.2) is 24.3 Å². The molecule has 0 amide bonds. The molecule has 4 heteroatoms. The third-order valence-corrected chi connectivity index (χ3v) is 6.30. The van der Waals surface area contributed by atoms with Crippen LogP contribution in [0.25, 0.3) is 0 Å². The van der Waals surface area contributed by atoms with Crippen molar-refractivity contribution in [3.05, 3.63) is 54.6 Å². The molecule has 2 aromatic rings. The van der Waals surface area contributed by atoms with Gasteiger partial charge in [-0.05, 0) is 10.3 Å². The number of halogens is 2. The summed E-state index contributed by atoms with van der Waals surface area (Å²) in [5.74, 6) is 0. The van der Waals surface area contributed by atoms with Gasteiger partial charge in [0, 0.05) is 0 Å². The molecule has 22 heavy (non-hydrogen) atoms. The first-order chi connectivity index (χ1) is 8.73. The Morgan fingerprint density at radius 2 is 1.23 bits per heavy atom. The summed E-state index contributed by atoms with van der Waals surface area (Å²) in [6.07, 6.45) is 0. The molecular formula is C18H27Cl2FeP-2. The van der Waals surface area contributed by atoms with Gasteiger partial charge >= 0.3 is 17.1 Å². The predicted molar refractivity (Wildman–Crippen MR) is 90.1 cm³/mol. The average Bonchev–Trinajstić information content (AvgIpc) is 2.86. The van der Waals surface area contributed by atoms with Gasteiger partial charge in [-0.15, -0.1) is 5.30 Å². The average molecular weight is 401 g/mol. The molecule has 0 unspecified atom stereocenters. The van der Waals surface area contributed by atoms with Crippen molar-refractivity contribution in [3.8, 4) is 0 Å². The fraction of sp³-hybridized carbons (Fsp3) is 0.444. The van der Waals surface area contributed by atoms with Crippen LogP contribution in [0.15, 0.2) is 54.6 Å². The molecule has 128 valence electrons. The SMILES string of the molecule is CC(C)(C)P(c1ccc[cH-]1)C(C)(C)C.[Cl-].[Cl-].[Fe+2].c1cc[cH-]c1. The molecule has 0 bridgehead atoms. The fourth-order valence-electron chi connectivity index (χ4n) is 2.61. The van der Waals surface area contributed by atoms with E-state index < -0.39 is 0 Å². The fourth-order valence-corrected chi connectivity index (χ4v) is 6.65. The smallest absolute Gasteiger partial charge is 1.00 e. The molecule has 0 aliphatic heterocycles. The van der Waals surface area contributed by atoms with Crippen LogP contribution in [0.1, 0.15) is 41.5 Å². The van der Waals surface area contributed by atoms with Crippen LogP contribution in [0, 0.1) is 0 Å². The summed E-state index contributed by atoms with van der Waals surface area (Å²) in [6, 6.07) is 18.9. The molecule has 2 rings (SSSR count). The third-order valence-electron chi connectivity index (χ3n) is 2.80. The zero-order valence-electron chi connectivity index (χ0n) is 14.3. The van der Waals surface area contributed by atoms with Crippen molar-refractivity contribution < 1.29 is 41.9 Å². The summed E-state index contributed by atoms with van der Waals surface area (Å²) in [4.78, 5) is 0. The topological polar surface area (TPSA) is 0 Å². The van der Waals surface area contributed by atoms with Crippen LogP contribution in [-0.4, -0.2) is 10.3 Å². The Balaban J connectivity index is -0.000000388. The minimum Gasteiger partial charge on any atom is -1.00 e. The normalized spacial score (nSPS) is 10.5. The number of rotatable bonds is 1. The summed E-state index contributed by atoms with van der Waals surface area (Å²) in [6.45, 7) is 14.1. The molecule has 0 spiro atoms. The van der Waals surface area contributed by atoms with E-state index in [1.165, 1.54) is 0 Å². The van der Waals surface area contributed by atoms with Crippen molar-refractivity contribution >= 4 is 13.2 Å². The molecular weight excluding hydrogens is 374 g/mol. The zero-order chi connectivity index (χ0) is 14.5. The molecule has 0 atom stereocenters. The zero-order valence-corrected chi connectivity index (χ0v) is 17.8. The minimum atomic E-state index is -0.101. The van der Waals surface area contributed by atoms with Crippen LogP contribution in [-0.2, 0) is 17.1 Å². The van der Waals surface area contributed by atoms with Crippen molar-refractivity contribution in [2.24, 2.45) is 0 Å². The van der Waals surface area contributed by atoms with Crippen molar-refractivity contribution in [1.82, 2.24) is 0 Å². The van der Waals surface area contributed by atoms with Crippen molar-refractivity contribution in [3.63, 3.8) is 0 Å². The second-order valence-corrected chi connectivity index (χ2v) is 10.7. The molecule has 0 N–H and O–H groups in total. The van der Waals surface area contributed by atoms with Gasteiger partial charge in [0.05, 0.1) is 0 Å². The van der Waals surface area contributed by atoms with Gasteiger partial charge in [0.2, 0.25) is 0 Å². The van der Waals surface area contributed by atoms with Crippen LogP contribution in [0.5, 0.6) is 0 Å². The number of hydrogen-bond acceptors (Lipinski definition) is 0. The first kappa shape index (κ1) is 27.1. The molecule has 0 saturated heterocycles. The monoisotopic (exact) mass is 400 g/mol. The van der Waals surface area contributed by atoms with Crippen molar-refractivity contribution in [2.75, 3.05) is 0 Å². The predicted octanol–water partition coefficient (Wildman–Crippen LogP) is -0.479. The Labute approximate surface area is 161 Å². The largest absolute Gasteiger partial charge is 2.00 e. The second-order valence-electron chi connectivity index (χ2n) is 6.78. The van der Waals surface area contributed by atoms with Gasteiger partial charge in [0.1, 0.15) is 0 Å². The molecule has 0 aliphatic carbocycles. The van der Waals surface area contributed by atoms with Crippen LogP contribution < -0.4 is 30.1 Å². The van der Waals surface area contributed by atoms with Crippen LogP contribution in [0.4, 0.5) is 0 Å². The molecule has 0 nitrogen and oxygen atoms in total. The second kappa shape index (κ2) is 11.7. The van der Waals surface area contributed by atoms with Gasteiger partial charge in [-0.3, -0.25) is 0 Å². The van der Waals surface area contributed by atoms with Gasteiger partial charge in [0.15, 0.2) is 0 Å². The summed E-state index contributed by atoms with van der Waals surface area (Å²) >= 11 is 0. The Bertz CT molecular complexity index is 405. The Morgan fingerprint density at radius 3 is 1.45 bits per heavy atom. The van der Waals surface area contributed by atoms with Gasteiger partial charge in [-0.1, -0.05) is 49.5 Å². The van der Waals surface area contributed by atoms with Crippen LogP contribution in [0.3, 0.4) is 0 Å². The van der Waals surface area contributed by atoms with Crippen LogP contribution in [0.2, 0.25) is 0 Å². The summed E-state index contributed by atoms with van der Waals surface area (Å²) in [5.41, 5.74) is 0. The van der Waals surface area contributed by atoms with E-state index >= 15 is 0 Å². The van der Waals surface area contributed by atoms with Crippen molar-refractivity contribution in [2.45, 2.75) is 51.9 Å². The van der Waals surface area contributed by atoms with Crippen LogP contribution >= 0.6 is 7.92 Å². The molecule has 0 aliphatic rings. The Morgan fingerprint density at radius 1 is 0.773 bits per heavy atom. The van der Waals surface area contributed by atoms with E-state index in [0.29, 0.717) is 10.3 Å². The third kappa shape index (κ3) is 9.39. The van der Waals surface area contributed by atoms with E-state index in [1.807, 2.05) is 30.3 Å². The standard InChI is InChI=1S/C13H22P.C5H5.2ClH.Fe/c1-12(2,3)14(13(4,5)6)11-9-7-8-10-11;1-2-4-5-3-1;;;/h7-10H,1-6H3;1-5H;2*1H;/q2*-1;;;+2/p-2. The molecule has 0 heterocycles. The Hall–Kier alpha value is 0.229. The van der Waals surface area contributed by atoms with E-state index in [9.17, 15) is 0 Å². The quantitative estimate of drug-likeness (QED) is 0.344. The summed E-state index contributed by atoms with van der Waals surface area (Å²) in [5, 5.41) is 2.32. The first-order valence-corrected chi connectivity index (χ1v) is 8.26. The molecule has 0 fully saturated rings. The first-order valence-electron chi connectivity index (χ1n) is 6.91. The maximum Gasteiger partial charge on any atom is 2.00 e. The molecule has 0 saturated carbocycles. The van der Waals surface area contributed by atoms with E-state index in [2.05, 4.69) is 65.8 Å². The maximum absolute atomic E-state index is 2.36. The van der Waals surface area contributed by atoms with E-state index in [0.717, 1.165) is 0 Å². The van der Waals surface area contributed by atoms with Gasteiger partial charge < -0.3 is 24.8 Å². The van der Waals surface area contributed by atoms with Gasteiger partial charge in [0.25, 0.3) is 0 Å². The summed E-state index contributed by atoms with van der Waals surface area (Å²) in [7, 11) is -0.101. The summed E-state index contributed by atoms with van der Waals surface area (Å²) < 4.78 is 0. The molecule has 0 radical (unpaired) electrons. The van der Waals surface area contributed by atoms with Crippen molar-refractivity contribution in [1.29, 1.82) is 0 Å². The molecule has 2 aromatic carbocycles. The minimum absolute atomic E-state index is 0. The van der Waals surface area contributed by atoms with E-state index in [1.54, 1.807) is 5.30 Å². The van der Waals surface area contributed by atoms with Gasteiger partial charge in [-0.2, -0.15) is 30.3 Å². The maximum atomic E-state index is 2.36. The Kier molecular flexibility index (Phi) is 14.4. The number of hydrogen-bond donors (Lipinski definition) is 0. The van der Waals surface area contributed by atoms with E-state index in [-0.39, 0.29) is 49.8 Å². The van der Waals surface area contributed by atoms with E-state index in [4.69, 9.17) is 0 Å². The molecule has 0 aromatic heterocycles.